The summed E-state index contributed by atoms with van der Waals surface area (Å²) in [5.41, 5.74) is 4.64. The predicted molar refractivity (Wildman–Crippen MR) is 147 cm³/mol. The molecule has 0 aromatic heterocycles. The molecule has 0 saturated carbocycles. The Balaban J connectivity index is 1.32. The number of nitrogens with zero attached hydrogens (tertiary/aromatic N) is 2. The van der Waals surface area contributed by atoms with Gasteiger partial charge in [0.05, 0.1) is 23.9 Å². The van der Waals surface area contributed by atoms with Crippen molar-refractivity contribution in [2.24, 2.45) is 0 Å². The summed E-state index contributed by atoms with van der Waals surface area (Å²) in [5, 5.41) is 6.64. The second-order valence-corrected chi connectivity index (χ2v) is 9.96. The Morgan fingerprint density at radius 1 is 1.03 bits per heavy atom. The van der Waals surface area contributed by atoms with Gasteiger partial charge in [0.15, 0.2) is 0 Å². The highest BCUT2D eigenvalue weighted by Crippen LogP contribution is 2.39. The fourth-order valence-electron chi connectivity index (χ4n) is 4.98. The Kier molecular flexibility index (Phi) is 7.40. The van der Waals surface area contributed by atoms with Crippen molar-refractivity contribution in [3.63, 3.8) is 0 Å². The lowest BCUT2D eigenvalue weighted by atomic mass is 9.95. The van der Waals surface area contributed by atoms with E-state index < -0.39 is 6.04 Å². The SMILES string of the molecule is CCN1C(=O)N[C@H](c2ccc(Cl)cc2Cl)C2=C1CN(CC(=O)NCc1ccccc1-c1ccccc1)C2=O. The number of hydrogen-bond acceptors (Lipinski definition) is 3. The normalized spacial score (nSPS) is 17.0. The van der Waals surface area contributed by atoms with E-state index in [1.54, 1.807) is 18.2 Å². The van der Waals surface area contributed by atoms with Crippen molar-refractivity contribution >= 4 is 41.0 Å². The van der Waals surface area contributed by atoms with Crippen LogP contribution in [0.15, 0.2) is 84.1 Å². The highest BCUT2D eigenvalue weighted by atomic mass is 35.5. The van der Waals surface area contributed by atoms with Gasteiger partial charge in [-0.3, -0.25) is 14.5 Å². The lowest BCUT2D eigenvalue weighted by Crippen LogP contribution is -2.47. The van der Waals surface area contributed by atoms with Crippen LogP contribution in [0.25, 0.3) is 11.1 Å². The maximum Gasteiger partial charge on any atom is 0.322 e. The number of hydrogen-bond donors (Lipinski definition) is 2. The first-order valence-corrected chi connectivity index (χ1v) is 13.1. The van der Waals surface area contributed by atoms with Crippen molar-refractivity contribution in [2.75, 3.05) is 19.6 Å². The summed E-state index contributed by atoms with van der Waals surface area (Å²) in [7, 11) is 0. The van der Waals surface area contributed by atoms with Crippen LogP contribution in [-0.4, -0.2) is 47.3 Å². The Hall–Kier alpha value is -3.81. The third-order valence-corrected chi connectivity index (χ3v) is 7.36. The number of nitrogens with one attached hydrogen (secondary N) is 2. The molecule has 4 amide bonds. The van der Waals surface area contributed by atoms with E-state index in [-0.39, 0.29) is 30.9 Å². The third-order valence-electron chi connectivity index (χ3n) is 6.80. The standard InChI is InChI=1S/C29H26Cl2N4O3/c1-2-35-24-16-34(28(37)26(24)27(33-29(35)38)22-13-12-20(30)14-23(22)31)17-25(36)32-15-19-10-6-7-11-21(19)18-8-4-3-5-9-18/h3-14,27H,2,15-17H2,1H3,(H,32,36)(H,33,38)/t27-/m1/s1. The van der Waals surface area contributed by atoms with Gasteiger partial charge >= 0.3 is 6.03 Å². The maximum absolute atomic E-state index is 13.6. The molecule has 38 heavy (non-hydrogen) atoms. The number of amides is 4. The maximum atomic E-state index is 13.6. The molecular formula is C29H26Cl2N4O3. The van der Waals surface area contributed by atoms with Gasteiger partial charge in [0.25, 0.3) is 5.91 Å². The number of likely N-dealkylation sites (N-methyl/N-ethyl adjacent to an activating group) is 1. The first-order valence-electron chi connectivity index (χ1n) is 12.3. The molecule has 0 spiro atoms. The van der Waals surface area contributed by atoms with Crippen LogP contribution in [0.4, 0.5) is 4.79 Å². The summed E-state index contributed by atoms with van der Waals surface area (Å²) in [4.78, 5) is 42.4. The van der Waals surface area contributed by atoms with Crippen LogP contribution in [0.5, 0.6) is 0 Å². The Bertz CT molecular complexity index is 1440. The summed E-state index contributed by atoms with van der Waals surface area (Å²) < 4.78 is 0. The molecule has 3 aromatic rings. The average molecular weight is 549 g/mol. The minimum Gasteiger partial charge on any atom is -0.350 e. The minimum atomic E-state index is -0.733. The molecule has 0 saturated heterocycles. The Morgan fingerprint density at radius 3 is 2.50 bits per heavy atom. The van der Waals surface area contributed by atoms with Gasteiger partial charge in [-0.25, -0.2) is 4.79 Å². The van der Waals surface area contributed by atoms with Gasteiger partial charge in [0.1, 0.15) is 6.54 Å². The highest BCUT2D eigenvalue weighted by molar-refractivity contribution is 6.35. The third kappa shape index (κ3) is 4.99. The summed E-state index contributed by atoms with van der Waals surface area (Å²) in [6.07, 6.45) is 0. The fourth-order valence-corrected chi connectivity index (χ4v) is 5.49. The summed E-state index contributed by atoms with van der Waals surface area (Å²) in [6, 6.07) is 21.7. The molecule has 5 rings (SSSR count). The molecule has 2 aliphatic rings. The molecule has 194 valence electrons. The van der Waals surface area contributed by atoms with Gasteiger partial charge in [-0.2, -0.15) is 0 Å². The van der Waals surface area contributed by atoms with E-state index in [0.29, 0.717) is 40.0 Å². The number of halogens is 2. The van der Waals surface area contributed by atoms with Crippen molar-refractivity contribution in [1.29, 1.82) is 0 Å². The predicted octanol–water partition coefficient (Wildman–Crippen LogP) is 5.16. The zero-order valence-electron chi connectivity index (χ0n) is 20.7. The first-order chi connectivity index (χ1) is 18.4. The molecule has 0 radical (unpaired) electrons. The Morgan fingerprint density at radius 2 is 1.76 bits per heavy atom. The lowest BCUT2D eigenvalue weighted by Gasteiger charge is -2.33. The molecule has 2 heterocycles. The number of urea groups is 1. The molecule has 7 nitrogen and oxygen atoms in total. The summed E-state index contributed by atoms with van der Waals surface area (Å²) in [5.74, 6) is -0.598. The van der Waals surface area contributed by atoms with Crippen molar-refractivity contribution in [1.82, 2.24) is 20.4 Å². The van der Waals surface area contributed by atoms with Gasteiger partial charge in [0.2, 0.25) is 5.91 Å². The van der Waals surface area contributed by atoms with Gasteiger partial charge in [-0.1, -0.05) is 83.9 Å². The topological polar surface area (TPSA) is 81.8 Å². The second kappa shape index (κ2) is 10.9. The van der Waals surface area contributed by atoms with Crippen LogP contribution in [0.3, 0.4) is 0 Å². The molecule has 0 aliphatic carbocycles. The lowest BCUT2D eigenvalue weighted by molar-refractivity contribution is -0.132. The van der Waals surface area contributed by atoms with Crippen LogP contribution >= 0.6 is 23.2 Å². The van der Waals surface area contributed by atoms with E-state index >= 15 is 0 Å². The highest BCUT2D eigenvalue weighted by Gasteiger charge is 2.44. The van der Waals surface area contributed by atoms with Crippen LogP contribution in [-0.2, 0) is 16.1 Å². The number of carbonyl (C=O) groups excluding carboxylic acids is 3. The summed E-state index contributed by atoms with van der Waals surface area (Å²) in [6.45, 7) is 2.57. The van der Waals surface area contributed by atoms with Crippen molar-refractivity contribution in [3.05, 3.63) is 105 Å². The van der Waals surface area contributed by atoms with Crippen molar-refractivity contribution in [3.8, 4) is 11.1 Å². The van der Waals surface area contributed by atoms with E-state index in [2.05, 4.69) is 10.6 Å². The Labute approximate surface area is 231 Å². The van der Waals surface area contributed by atoms with Crippen LogP contribution in [0.2, 0.25) is 10.0 Å². The van der Waals surface area contributed by atoms with Gasteiger partial charge in [0, 0.05) is 23.1 Å². The number of benzene rings is 3. The average Bonchev–Trinajstić information content (AvgIpc) is 3.23. The molecule has 2 aliphatic heterocycles. The molecule has 1 atom stereocenters. The van der Waals surface area contributed by atoms with Crippen molar-refractivity contribution in [2.45, 2.75) is 19.5 Å². The van der Waals surface area contributed by atoms with Gasteiger partial charge < -0.3 is 15.5 Å². The fraction of sp³-hybridized carbons (Fsp3) is 0.207. The smallest absolute Gasteiger partial charge is 0.322 e. The molecule has 2 N–H and O–H groups in total. The van der Waals surface area contributed by atoms with Crippen molar-refractivity contribution < 1.29 is 14.4 Å². The zero-order valence-corrected chi connectivity index (χ0v) is 22.2. The number of carbonyl (C=O) groups is 3. The first kappa shape index (κ1) is 25.8. The van der Waals surface area contributed by atoms with E-state index in [9.17, 15) is 14.4 Å². The van der Waals surface area contributed by atoms with E-state index in [1.165, 1.54) is 9.80 Å². The molecule has 3 aromatic carbocycles. The zero-order chi connectivity index (χ0) is 26.8. The van der Waals surface area contributed by atoms with Crippen LogP contribution < -0.4 is 10.6 Å². The largest absolute Gasteiger partial charge is 0.350 e. The van der Waals surface area contributed by atoms with Gasteiger partial charge in [-0.15, -0.1) is 0 Å². The number of rotatable bonds is 7. The van der Waals surface area contributed by atoms with E-state index in [0.717, 1.165) is 16.7 Å². The molecular weight excluding hydrogens is 523 g/mol. The van der Waals surface area contributed by atoms with Crippen LogP contribution in [0, 0.1) is 0 Å². The minimum absolute atomic E-state index is 0.133. The molecule has 0 fully saturated rings. The quantitative estimate of drug-likeness (QED) is 0.427. The molecule has 0 bridgehead atoms. The monoisotopic (exact) mass is 548 g/mol. The molecule has 9 heteroatoms. The van der Waals surface area contributed by atoms with E-state index in [1.807, 2.05) is 61.5 Å². The second-order valence-electron chi connectivity index (χ2n) is 9.11. The van der Waals surface area contributed by atoms with Gasteiger partial charge in [-0.05, 0) is 41.3 Å². The summed E-state index contributed by atoms with van der Waals surface area (Å²) >= 11 is 12.5. The van der Waals surface area contributed by atoms with Crippen LogP contribution in [0.1, 0.15) is 24.1 Å². The van der Waals surface area contributed by atoms with E-state index in [4.69, 9.17) is 23.2 Å². The molecule has 0 unspecified atom stereocenters.